The minimum atomic E-state index is -1.34. The number of carbonyl (C=O) groups excluding carboxylic acids is 1. The van der Waals surface area contributed by atoms with Gasteiger partial charge >= 0.3 is 5.97 Å². The summed E-state index contributed by atoms with van der Waals surface area (Å²) in [6.07, 6.45) is -0.0506. The average molecular weight is 269 g/mol. The quantitative estimate of drug-likeness (QED) is 0.822. The molecule has 1 aromatic carbocycles. The third-order valence-electron chi connectivity index (χ3n) is 2.41. The molecule has 1 rings (SSSR count). The fourth-order valence-electron chi connectivity index (χ4n) is 1.28. The van der Waals surface area contributed by atoms with E-state index in [1.807, 2.05) is 0 Å². The van der Waals surface area contributed by atoms with Crippen molar-refractivity contribution in [3.63, 3.8) is 0 Å². The summed E-state index contributed by atoms with van der Waals surface area (Å²) in [5.74, 6) is -2.04. The molecule has 0 heterocycles. The van der Waals surface area contributed by atoms with Gasteiger partial charge in [-0.15, -0.1) is 0 Å². The molecule has 19 heavy (non-hydrogen) atoms. The number of carbonyl (C=O) groups is 2. The summed E-state index contributed by atoms with van der Waals surface area (Å²) in [7, 11) is 0. The molecular weight excluding hydrogens is 253 g/mol. The van der Waals surface area contributed by atoms with E-state index in [1.54, 1.807) is 6.07 Å². The summed E-state index contributed by atoms with van der Waals surface area (Å²) in [6, 6.07) is 5.85. The summed E-state index contributed by atoms with van der Waals surface area (Å²) in [5, 5.41) is 11.2. The van der Waals surface area contributed by atoms with Crippen LogP contribution in [0.5, 0.6) is 5.75 Å². The Balaban J connectivity index is 2.40. The molecule has 0 spiro atoms. The van der Waals surface area contributed by atoms with E-state index in [9.17, 15) is 14.0 Å². The van der Waals surface area contributed by atoms with Crippen molar-refractivity contribution >= 4 is 11.9 Å². The molecule has 0 atom stereocenters. The maximum absolute atomic E-state index is 13.2. The van der Waals surface area contributed by atoms with E-state index >= 15 is 0 Å². The molecule has 6 heteroatoms. The van der Waals surface area contributed by atoms with Crippen LogP contribution in [0.4, 0.5) is 4.39 Å². The predicted molar refractivity (Wildman–Crippen MR) is 66.4 cm³/mol. The Bertz CT molecular complexity index is 473. The summed E-state index contributed by atoms with van der Waals surface area (Å²) < 4.78 is 18.3. The Morgan fingerprint density at radius 2 is 2.00 bits per heavy atom. The molecular formula is C13H16FNO4. The van der Waals surface area contributed by atoms with E-state index in [4.69, 9.17) is 9.84 Å². The first-order chi connectivity index (χ1) is 8.83. The molecule has 0 saturated carbocycles. The highest BCUT2D eigenvalue weighted by Gasteiger charge is 2.28. The number of carboxylic acids is 1. The minimum Gasteiger partial charge on any atom is -0.490 e. The second-order valence-electron chi connectivity index (χ2n) is 4.51. The van der Waals surface area contributed by atoms with Crippen LogP contribution in [0.3, 0.4) is 0 Å². The lowest BCUT2D eigenvalue weighted by atomic mass is 10.1. The molecule has 0 radical (unpaired) electrons. The SMILES string of the molecule is CC(C)(NC(=O)CCOc1ccccc1F)C(=O)O. The molecule has 1 amide bonds. The van der Waals surface area contributed by atoms with Gasteiger partial charge in [-0.2, -0.15) is 0 Å². The van der Waals surface area contributed by atoms with E-state index in [0.29, 0.717) is 0 Å². The summed E-state index contributed by atoms with van der Waals surface area (Å²) in [6.45, 7) is 2.73. The first-order valence-electron chi connectivity index (χ1n) is 5.74. The number of aliphatic carboxylic acids is 1. The van der Waals surface area contributed by atoms with Crippen LogP contribution in [0.1, 0.15) is 20.3 Å². The average Bonchev–Trinajstić information content (AvgIpc) is 2.30. The van der Waals surface area contributed by atoms with Crippen LogP contribution in [-0.2, 0) is 9.59 Å². The third kappa shape index (κ3) is 4.57. The van der Waals surface area contributed by atoms with Crippen LogP contribution in [0.2, 0.25) is 0 Å². The molecule has 0 aromatic heterocycles. The number of halogens is 1. The van der Waals surface area contributed by atoms with Crippen LogP contribution >= 0.6 is 0 Å². The highest BCUT2D eigenvalue weighted by atomic mass is 19.1. The number of rotatable bonds is 6. The zero-order valence-electron chi connectivity index (χ0n) is 10.8. The summed E-state index contributed by atoms with van der Waals surface area (Å²) >= 11 is 0. The highest BCUT2D eigenvalue weighted by molar-refractivity contribution is 5.86. The normalized spacial score (nSPS) is 10.9. The number of para-hydroxylation sites is 1. The molecule has 104 valence electrons. The Morgan fingerprint density at radius 1 is 1.37 bits per heavy atom. The maximum atomic E-state index is 13.2. The Morgan fingerprint density at radius 3 is 2.58 bits per heavy atom. The number of benzene rings is 1. The van der Waals surface area contributed by atoms with E-state index in [2.05, 4.69) is 5.32 Å². The van der Waals surface area contributed by atoms with Crippen molar-refractivity contribution in [2.45, 2.75) is 25.8 Å². The smallest absolute Gasteiger partial charge is 0.328 e. The Kier molecular flexibility index (Phi) is 4.86. The molecule has 0 bridgehead atoms. The lowest BCUT2D eigenvalue weighted by Gasteiger charge is -2.20. The molecule has 0 fully saturated rings. The summed E-state index contributed by atoms with van der Waals surface area (Å²) in [5.41, 5.74) is -1.34. The van der Waals surface area contributed by atoms with Crippen LogP contribution in [0.15, 0.2) is 24.3 Å². The highest BCUT2D eigenvalue weighted by Crippen LogP contribution is 2.15. The van der Waals surface area contributed by atoms with Crippen molar-refractivity contribution in [3.8, 4) is 5.75 Å². The monoisotopic (exact) mass is 269 g/mol. The van der Waals surface area contributed by atoms with Gasteiger partial charge in [0.25, 0.3) is 0 Å². The third-order valence-corrected chi connectivity index (χ3v) is 2.41. The van der Waals surface area contributed by atoms with Crippen molar-refractivity contribution in [1.82, 2.24) is 5.32 Å². The number of nitrogens with one attached hydrogen (secondary N) is 1. The zero-order chi connectivity index (χ0) is 14.5. The van der Waals surface area contributed by atoms with Crippen LogP contribution in [0, 0.1) is 5.82 Å². The van der Waals surface area contributed by atoms with Gasteiger partial charge in [-0.25, -0.2) is 9.18 Å². The molecule has 0 unspecified atom stereocenters. The standard InChI is InChI=1S/C13H16FNO4/c1-13(2,12(17)18)15-11(16)7-8-19-10-6-4-3-5-9(10)14/h3-6H,7-8H2,1-2H3,(H,15,16)(H,17,18). The van der Waals surface area contributed by atoms with Crippen molar-refractivity contribution in [2.75, 3.05) is 6.61 Å². The van der Waals surface area contributed by atoms with Gasteiger partial charge in [-0.1, -0.05) is 12.1 Å². The topological polar surface area (TPSA) is 75.6 Å². The predicted octanol–water partition coefficient (Wildman–Crippen LogP) is 1.57. The fourth-order valence-corrected chi connectivity index (χ4v) is 1.28. The Hall–Kier alpha value is -2.11. The largest absolute Gasteiger partial charge is 0.490 e. The van der Waals surface area contributed by atoms with E-state index < -0.39 is 23.2 Å². The van der Waals surface area contributed by atoms with Crippen LogP contribution in [0.25, 0.3) is 0 Å². The number of carboxylic acid groups (broad SMARTS) is 1. The van der Waals surface area contributed by atoms with E-state index in [0.717, 1.165) is 0 Å². The number of hydrogen-bond acceptors (Lipinski definition) is 3. The minimum absolute atomic E-state index is 0.0253. The zero-order valence-corrected chi connectivity index (χ0v) is 10.8. The molecule has 0 saturated heterocycles. The molecule has 5 nitrogen and oxygen atoms in total. The van der Waals surface area contributed by atoms with Gasteiger partial charge in [0.05, 0.1) is 13.0 Å². The van der Waals surface area contributed by atoms with Gasteiger partial charge in [0.1, 0.15) is 5.54 Å². The van der Waals surface area contributed by atoms with Crippen molar-refractivity contribution in [2.24, 2.45) is 0 Å². The second kappa shape index (κ2) is 6.17. The van der Waals surface area contributed by atoms with Gasteiger partial charge in [0.2, 0.25) is 5.91 Å². The van der Waals surface area contributed by atoms with Gasteiger partial charge in [0.15, 0.2) is 11.6 Å². The molecule has 0 aliphatic rings. The van der Waals surface area contributed by atoms with Crippen molar-refractivity contribution in [3.05, 3.63) is 30.1 Å². The van der Waals surface area contributed by atoms with E-state index in [-0.39, 0.29) is 18.8 Å². The molecule has 0 aliphatic heterocycles. The van der Waals surface area contributed by atoms with Gasteiger partial charge in [-0.3, -0.25) is 4.79 Å². The molecule has 2 N–H and O–H groups in total. The van der Waals surface area contributed by atoms with Crippen molar-refractivity contribution < 1.29 is 23.8 Å². The van der Waals surface area contributed by atoms with Crippen LogP contribution < -0.4 is 10.1 Å². The number of hydrogen-bond donors (Lipinski definition) is 2. The van der Waals surface area contributed by atoms with Crippen molar-refractivity contribution in [1.29, 1.82) is 0 Å². The fraction of sp³-hybridized carbons (Fsp3) is 0.385. The molecule has 0 aliphatic carbocycles. The first kappa shape index (κ1) is 14.9. The lowest BCUT2D eigenvalue weighted by Crippen LogP contribution is -2.49. The second-order valence-corrected chi connectivity index (χ2v) is 4.51. The number of ether oxygens (including phenoxy) is 1. The van der Waals surface area contributed by atoms with Gasteiger partial charge in [-0.05, 0) is 26.0 Å². The molecule has 1 aromatic rings. The van der Waals surface area contributed by atoms with E-state index in [1.165, 1.54) is 32.0 Å². The number of amides is 1. The summed E-state index contributed by atoms with van der Waals surface area (Å²) in [4.78, 5) is 22.3. The Labute approximate surface area is 110 Å². The van der Waals surface area contributed by atoms with Crippen LogP contribution in [-0.4, -0.2) is 29.1 Å². The lowest BCUT2D eigenvalue weighted by molar-refractivity contribution is -0.146. The van der Waals surface area contributed by atoms with Gasteiger partial charge in [0, 0.05) is 0 Å². The maximum Gasteiger partial charge on any atom is 0.328 e. The van der Waals surface area contributed by atoms with Gasteiger partial charge < -0.3 is 15.2 Å². The first-order valence-corrected chi connectivity index (χ1v) is 5.74.